The molecule has 0 radical (unpaired) electrons. The van der Waals surface area contributed by atoms with Crippen molar-refractivity contribution in [1.82, 2.24) is 0 Å². The van der Waals surface area contributed by atoms with Gasteiger partial charge in [-0.15, -0.1) is 0 Å². The van der Waals surface area contributed by atoms with Gasteiger partial charge in [-0.3, -0.25) is 9.10 Å². The first-order chi connectivity index (χ1) is 12.1. The molecule has 0 heterocycles. The second kappa shape index (κ2) is 8.48. The van der Waals surface area contributed by atoms with Crippen LogP contribution in [0.4, 0.5) is 11.4 Å². The number of benzene rings is 2. The second-order valence-electron chi connectivity index (χ2n) is 5.58. The lowest BCUT2D eigenvalue weighted by molar-refractivity contribution is -0.117. The third kappa shape index (κ3) is 5.04. The third-order valence-electron chi connectivity index (χ3n) is 3.56. The minimum atomic E-state index is -3.79. The Bertz CT molecular complexity index is 899. The van der Waals surface area contributed by atoms with Gasteiger partial charge in [-0.1, -0.05) is 53.9 Å². The predicted octanol–water partition coefficient (Wildman–Crippen LogP) is 4.83. The fraction of sp³-hybridized carbons (Fsp3) is 0.235. The van der Waals surface area contributed by atoms with Gasteiger partial charge in [0.1, 0.15) is 6.04 Å². The molecule has 0 aromatic heterocycles. The van der Waals surface area contributed by atoms with Gasteiger partial charge in [0.25, 0.3) is 0 Å². The quantitative estimate of drug-likeness (QED) is 0.706. The molecule has 0 saturated heterocycles. The van der Waals surface area contributed by atoms with E-state index in [0.29, 0.717) is 10.7 Å². The summed E-state index contributed by atoms with van der Waals surface area (Å²) in [6, 6.07) is 10.1. The van der Waals surface area contributed by atoms with Crippen molar-refractivity contribution in [3.05, 3.63) is 57.5 Å². The van der Waals surface area contributed by atoms with Gasteiger partial charge in [-0.2, -0.15) is 0 Å². The number of amides is 1. The topological polar surface area (TPSA) is 66.5 Å². The zero-order chi connectivity index (χ0) is 19.5. The monoisotopic (exact) mass is 434 g/mol. The Balaban J connectivity index is 2.44. The van der Waals surface area contributed by atoms with Gasteiger partial charge in [-0.25, -0.2) is 8.42 Å². The van der Waals surface area contributed by atoms with Gasteiger partial charge >= 0.3 is 0 Å². The highest BCUT2D eigenvalue weighted by atomic mass is 35.5. The lowest BCUT2D eigenvalue weighted by Gasteiger charge is -2.30. The molecular weight excluding hydrogens is 419 g/mol. The first kappa shape index (κ1) is 20.8. The number of nitrogens with one attached hydrogen (secondary N) is 1. The van der Waals surface area contributed by atoms with Crippen LogP contribution in [0.3, 0.4) is 0 Å². The van der Waals surface area contributed by atoms with Crippen molar-refractivity contribution >= 4 is 62.1 Å². The van der Waals surface area contributed by atoms with E-state index in [9.17, 15) is 13.2 Å². The number of hydrogen-bond acceptors (Lipinski definition) is 3. The summed E-state index contributed by atoms with van der Waals surface area (Å²) in [5, 5.41) is 3.56. The van der Waals surface area contributed by atoms with E-state index in [1.54, 1.807) is 31.2 Å². The van der Waals surface area contributed by atoms with E-state index in [0.717, 1.165) is 10.6 Å². The van der Waals surface area contributed by atoms with Crippen LogP contribution in [0.25, 0.3) is 0 Å². The summed E-state index contributed by atoms with van der Waals surface area (Å²) in [7, 11) is -3.79. The number of para-hydroxylation sites is 1. The molecular formula is C17H17Cl3N2O3S. The molecule has 140 valence electrons. The second-order valence-corrected chi connectivity index (χ2v) is 8.72. The van der Waals surface area contributed by atoms with Crippen LogP contribution < -0.4 is 9.62 Å². The molecule has 2 aromatic rings. The molecule has 2 rings (SSSR count). The summed E-state index contributed by atoms with van der Waals surface area (Å²) in [6.45, 7) is 1.71. The van der Waals surface area contributed by atoms with Crippen LogP contribution in [0.1, 0.15) is 13.3 Å². The van der Waals surface area contributed by atoms with Gasteiger partial charge in [0.2, 0.25) is 15.9 Å². The number of halogens is 3. The van der Waals surface area contributed by atoms with Gasteiger partial charge in [0.15, 0.2) is 0 Å². The first-order valence-corrected chi connectivity index (χ1v) is 10.6. The molecule has 0 bridgehead atoms. The van der Waals surface area contributed by atoms with Crippen molar-refractivity contribution in [2.75, 3.05) is 15.9 Å². The third-order valence-corrected chi connectivity index (χ3v) is 5.51. The van der Waals surface area contributed by atoms with Crippen LogP contribution in [0.2, 0.25) is 15.1 Å². The fourth-order valence-corrected chi connectivity index (χ4v) is 4.40. The number of carbonyl (C=O) groups excluding carboxylic acids is 1. The average molecular weight is 436 g/mol. The molecule has 0 fully saturated rings. The molecule has 0 saturated carbocycles. The normalized spacial score (nSPS) is 12.5. The highest BCUT2D eigenvalue weighted by Gasteiger charge is 2.32. The zero-order valence-corrected chi connectivity index (χ0v) is 17.1. The zero-order valence-electron chi connectivity index (χ0n) is 14.0. The van der Waals surface area contributed by atoms with Crippen LogP contribution in [0, 0.1) is 0 Å². The number of carbonyl (C=O) groups is 1. The van der Waals surface area contributed by atoms with E-state index in [-0.39, 0.29) is 22.2 Å². The van der Waals surface area contributed by atoms with Gasteiger partial charge in [0, 0.05) is 10.0 Å². The van der Waals surface area contributed by atoms with Crippen LogP contribution in [-0.4, -0.2) is 26.6 Å². The van der Waals surface area contributed by atoms with Gasteiger partial charge in [0.05, 0.1) is 22.7 Å². The van der Waals surface area contributed by atoms with E-state index in [1.165, 1.54) is 18.2 Å². The molecule has 9 heteroatoms. The average Bonchev–Trinajstić information content (AvgIpc) is 2.52. The minimum absolute atomic E-state index is 0.214. The molecule has 1 amide bonds. The highest BCUT2D eigenvalue weighted by Crippen LogP contribution is 2.30. The van der Waals surface area contributed by atoms with Crippen molar-refractivity contribution < 1.29 is 13.2 Å². The van der Waals surface area contributed by atoms with E-state index < -0.39 is 22.0 Å². The van der Waals surface area contributed by atoms with Crippen molar-refractivity contribution in [1.29, 1.82) is 0 Å². The van der Waals surface area contributed by atoms with Gasteiger partial charge in [-0.05, 0) is 36.8 Å². The maximum absolute atomic E-state index is 12.8. The minimum Gasteiger partial charge on any atom is -0.323 e. The summed E-state index contributed by atoms with van der Waals surface area (Å²) in [4.78, 5) is 12.8. The largest absolute Gasteiger partial charge is 0.323 e. The number of nitrogens with zero attached hydrogens (tertiary/aromatic N) is 1. The summed E-state index contributed by atoms with van der Waals surface area (Å²) >= 11 is 18.1. The SMILES string of the molecule is CC[C@H](C(=O)Nc1ccccc1Cl)N(c1cc(Cl)cc(Cl)c1)S(C)(=O)=O. The summed E-state index contributed by atoms with van der Waals surface area (Å²) in [5.74, 6) is -0.512. The van der Waals surface area contributed by atoms with Gasteiger partial charge < -0.3 is 5.32 Å². The summed E-state index contributed by atoms with van der Waals surface area (Å²) < 4.78 is 25.8. The smallest absolute Gasteiger partial charge is 0.248 e. The number of hydrogen-bond donors (Lipinski definition) is 1. The fourth-order valence-electron chi connectivity index (χ4n) is 2.51. The Hall–Kier alpha value is -1.47. The Labute approximate surface area is 167 Å². The number of sulfonamides is 1. The molecule has 5 nitrogen and oxygen atoms in total. The Kier molecular flexibility index (Phi) is 6.80. The Morgan fingerprint density at radius 3 is 2.19 bits per heavy atom. The van der Waals surface area contributed by atoms with E-state index in [4.69, 9.17) is 34.8 Å². The maximum atomic E-state index is 12.8. The van der Waals surface area contributed by atoms with Crippen molar-refractivity contribution in [2.24, 2.45) is 0 Å². The summed E-state index contributed by atoms with van der Waals surface area (Å²) in [6.07, 6.45) is 1.25. The van der Waals surface area contributed by atoms with E-state index >= 15 is 0 Å². The molecule has 0 aliphatic heterocycles. The molecule has 0 aliphatic rings. The number of rotatable bonds is 6. The molecule has 26 heavy (non-hydrogen) atoms. The Morgan fingerprint density at radius 1 is 1.12 bits per heavy atom. The molecule has 0 spiro atoms. The predicted molar refractivity (Wildman–Crippen MR) is 108 cm³/mol. The van der Waals surface area contributed by atoms with Crippen molar-refractivity contribution in [2.45, 2.75) is 19.4 Å². The molecule has 1 N–H and O–H groups in total. The first-order valence-electron chi connectivity index (χ1n) is 7.64. The summed E-state index contributed by atoms with van der Waals surface area (Å²) in [5.41, 5.74) is 0.612. The standard InChI is InChI=1S/C17H17Cl3N2O3S/c1-3-16(17(23)21-15-7-5-4-6-14(15)20)22(26(2,24)25)13-9-11(18)8-12(19)10-13/h4-10,16H,3H2,1-2H3,(H,21,23)/t16-/m1/s1. The lowest BCUT2D eigenvalue weighted by Crippen LogP contribution is -2.47. The van der Waals surface area contributed by atoms with Crippen LogP contribution in [0.5, 0.6) is 0 Å². The van der Waals surface area contributed by atoms with Crippen molar-refractivity contribution in [3.8, 4) is 0 Å². The maximum Gasteiger partial charge on any atom is 0.248 e. The Morgan fingerprint density at radius 2 is 1.69 bits per heavy atom. The lowest BCUT2D eigenvalue weighted by atomic mass is 10.2. The van der Waals surface area contributed by atoms with Crippen molar-refractivity contribution in [3.63, 3.8) is 0 Å². The molecule has 2 aromatic carbocycles. The molecule has 0 unspecified atom stereocenters. The van der Waals surface area contributed by atoms with E-state index in [2.05, 4.69) is 5.32 Å². The van der Waals surface area contributed by atoms with Crippen LogP contribution in [-0.2, 0) is 14.8 Å². The highest BCUT2D eigenvalue weighted by molar-refractivity contribution is 7.92. The molecule has 1 atom stereocenters. The number of anilines is 2. The molecule has 0 aliphatic carbocycles. The van der Waals surface area contributed by atoms with Crippen LogP contribution in [0.15, 0.2) is 42.5 Å². The van der Waals surface area contributed by atoms with Crippen LogP contribution >= 0.6 is 34.8 Å². The van der Waals surface area contributed by atoms with E-state index in [1.807, 2.05) is 0 Å².